The Morgan fingerprint density at radius 1 is 1.33 bits per heavy atom. The Kier molecular flexibility index (Phi) is 6.39. The number of nitrogens with zero attached hydrogens (tertiary/aromatic N) is 1. The number of piperidine rings is 1. The zero-order valence-electron chi connectivity index (χ0n) is 12.7. The van der Waals surface area contributed by atoms with Crippen molar-refractivity contribution in [2.45, 2.75) is 31.7 Å². The fourth-order valence-corrected chi connectivity index (χ4v) is 3.08. The quantitative estimate of drug-likeness (QED) is 0.848. The average molecular weight is 307 g/mol. The van der Waals surface area contributed by atoms with Gasteiger partial charge in [-0.25, -0.2) is 0 Å². The zero-order valence-corrected chi connectivity index (χ0v) is 13.5. The first-order chi connectivity index (χ1) is 10.2. The lowest BCUT2D eigenvalue weighted by atomic mass is 10.1. The summed E-state index contributed by atoms with van der Waals surface area (Å²) in [5.41, 5.74) is 7.93. The Balaban J connectivity index is 2.03. The van der Waals surface area contributed by atoms with E-state index < -0.39 is 6.04 Å². The van der Waals surface area contributed by atoms with Crippen molar-refractivity contribution in [3.63, 3.8) is 0 Å². The Hall–Kier alpha value is -1.20. The summed E-state index contributed by atoms with van der Waals surface area (Å²) in [5.74, 6) is 0.816. The molecule has 4 nitrogen and oxygen atoms in total. The minimum absolute atomic E-state index is 0.0893. The van der Waals surface area contributed by atoms with Gasteiger partial charge in [0.05, 0.1) is 17.4 Å². The Morgan fingerprint density at radius 3 is 2.76 bits per heavy atom. The van der Waals surface area contributed by atoms with Crippen LogP contribution in [0.2, 0.25) is 0 Å². The van der Waals surface area contributed by atoms with Crippen LogP contribution < -0.4 is 16.0 Å². The van der Waals surface area contributed by atoms with Gasteiger partial charge in [-0.05, 0) is 49.8 Å². The smallest absolute Gasteiger partial charge is 0.241 e. The molecule has 1 heterocycles. The van der Waals surface area contributed by atoms with Gasteiger partial charge in [0, 0.05) is 13.1 Å². The van der Waals surface area contributed by atoms with Crippen molar-refractivity contribution < 1.29 is 4.79 Å². The van der Waals surface area contributed by atoms with Crippen molar-refractivity contribution in [1.82, 2.24) is 0 Å². The van der Waals surface area contributed by atoms with Crippen LogP contribution in [0.3, 0.4) is 0 Å². The molecule has 1 fully saturated rings. The molecule has 1 aliphatic rings. The van der Waals surface area contributed by atoms with Gasteiger partial charge in [-0.3, -0.25) is 4.79 Å². The van der Waals surface area contributed by atoms with Crippen molar-refractivity contribution in [2.75, 3.05) is 35.3 Å². The fourth-order valence-electron chi connectivity index (χ4n) is 2.59. The molecule has 0 unspecified atom stereocenters. The number of amides is 1. The van der Waals surface area contributed by atoms with Crippen LogP contribution in [0, 0.1) is 0 Å². The van der Waals surface area contributed by atoms with Crippen LogP contribution in [-0.2, 0) is 4.79 Å². The summed E-state index contributed by atoms with van der Waals surface area (Å²) in [7, 11) is 0. The first kappa shape index (κ1) is 16.2. The number of carbonyl (C=O) groups excluding carboxylic acids is 1. The number of rotatable bonds is 6. The van der Waals surface area contributed by atoms with Gasteiger partial charge >= 0.3 is 0 Å². The molecule has 1 amide bonds. The lowest BCUT2D eigenvalue weighted by Crippen LogP contribution is -2.37. The molecule has 3 N–H and O–H groups in total. The van der Waals surface area contributed by atoms with Crippen molar-refractivity contribution >= 4 is 29.0 Å². The van der Waals surface area contributed by atoms with E-state index in [0.717, 1.165) is 30.2 Å². The molecule has 0 aromatic heterocycles. The lowest BCUT2D eigenvalue weighted by molar-refractivity contribution is -0.117. The molecule has 1 saturated heterocycles. The van der Waals surface area contributed by atoms with Crippen LogP contribution in [0.5, 0.6) is 0 Å². The van der Waals surface area contributed by atoms with Gasteiger partial charge in [0.1, 0.15) is 0 Å². The first-order valence-electron chi connectivity index (χ1n) is 7.61. The second-order valence-electron chi connectivity index (χ2n) is 5.44. The summed E-state index contributed by atoms with van der Waals surface area (Å²) in [5, 5.41) is 3.00. The third kappa shape index (κ3) is 4.64. The summed E-state index contributed by atoms with van der Waals surface area (Å²) in [6.07, 6.45) is 6.46. The number of hydrogen-bond acceptors (Lipinski definition) is 4. The maximum Gasteiger partial charge on any atom is 0.241 e. The molecule has 116 valence electrons. The highest BCUT2D eigenvalue weighted by Crippen LogP contribution is 2.28. The molecule has 21 heavy (non-hydrogen) atoms. The molecule has 1 atom stereocenters. The Labute approximate surface area is 131 Å². The van der Waals surface area contributed by atoms with Crippen molar-refractivity contribution in [2.24, 2.45) is 5.73 Å². The number of hydrogen-bond donors (Lipinski definition) is 2. The maximum atomic E-state index is 12.2. The summed E-state index contributed by atoms with van der Waals surface area (Å²) >= 11 is 1.71. The second-order valence-corrected chi connectivity index (χ2v) is 6.43. The number of nitrogens with one attached hydrogen (secondary N) is 1. The number of anilines is 2. The third-order valence-corrected chi connectivity index (χ3v) is 4.47. The SMILES string of the molecule is CSCC[C@H](N)C(=O)Nc1ccccc1N1CCCCC1. The monoisotopic (exact) mass is 307 g/mol. The van der Waals surface area contributed by atoms with Gasteiger partial charge in [-0.2, -0.15) is 11.8 Å². The molecule has 1 aromatic rings. The van der Waals surface area contributed by atoms with Crippen LogP contribution in [0.1, 0.15) is 25.7 Å². The molecule has 0 spiro atoms. The van der Waals surface area contributed by atoms with Gasteiger partial charge in [-0.15, -0.1) is 0 Å². The van der Waals surface area contributed by atoms with E-state index in [9.17, 15) is 4.79 Å². The van der Waals surface area contributed by atoms with E-state index in [0.29, 0.717) is 6.42 Å². The predicted octanol–water partition coefficient (Wildman–Crippen LogP) is 2.70. The van der Waals surface area contributed by atoms with Crippen molar-refractivity contribution in [1.29, 1.82) is 0 Å². The van der Waals surface area contributed by atoms with Gasteiger partial charge in [-0.1, -0.05) is 12.1 Å². The van der Waals surface area contributed by atoms with Gasteiger partial charge in [0.15, 0.2) is 0 Å². The number of thioether (sulfide) groups is 1. The topological polar surface area (TPSA) is 58.4 Å². The Morgan fingerprint density at radius 2 is 2.05 bits per heavy atom. The summed E-state index contributed by atoms with van der Waals surface area (Å²) in [4.78, 5) is 14.5. The molecule has 0 radical (unpaired) electrons. The fraction of sp³-hybridized carbons (Fsp3) is 0.562. The number of carbonyl (C=O) groups is 1. The summed E-state index contributed by atoms with van der Waals surface area (Å²) in [6, 6.07) is 7.58. The van der Waals surface area contributed by atoms with E-state index in [1.807, 2.05) is 24.5 Å². The molecular weight excluding hydrogens is 282 g/mol. The third-order valence-electron chi connectivity index (χ3n) is 3.83. The highest BCUT2D eigenvalue weighted by molar-refractivity contribution is 7.98. The first-order valence-corrected chi connectivity index (χ1v) is 9.01. The second kappa shape index (κ2) is 8.29. The number of nitrogens with two attached hydrogens (primary N) is 1. The maximum absolute atomic E-state index is 12.2. The lowest BCUT2D eigenvalue weighted by Gasteiger charge is -2.30. The largest absolute Gasteiger partial charge is 0.370 e. The standard InChI is InChI=1S/C16H25N3OS/c1-21-12-9-13(17)16(20)18-14-7-3-4-8-15(14)19-10-5-2-6-11-19/h3-4,7-8,13H,2,5-6,9-12,17H2,1H3,(H,18,20)/t13-/m0/s1. The van der Waals surface area contributed by atoms with Crippen LogP contribution in [0.15, 0.2) is 24.3 Å². The van der Waals surface area contributed by atoms with Crippen molar-refractivity contribution in [3.05, 3.63) is 24.3 Å². The summed E-state index contributed by atoms with van der Waals surface area (Å²) in [6.45, 7) is 2.12. The van der Waals surface area contributed by atoms with E-state index in [4.69, 9.17) is 5.73 Å². The number of benzene rings is 1. The van der Waals surface area contributed by atoms with Gasteiger partial charge in [0.2, 0.25) is 5.91 Å². The summed E-state index contributed by atoms with van der Waals surface area (Å²) < 4.78 is 0. The van der Waals surface area contributed by atoms with Crippen LogP contribution in [-0.4, -0.2) is 37.0 Å². The van der Waals surface area contributed by atoms with Crippen LogP contribution >= 0.6 is 11.8 Å². The molecule has 0 aliphatic carbocycles. The highest BCUT2D eigenvalue weighted by atomic mass is 32.2. The average Bonchev–Trinajstić information content (AvgIpc) is 2.54. The van der Waals surface area contributed by atoms with Gasteiger partial charge < -0.3 is 16.0 Å². The molecule has 1 aromatic carbocycles. The van der Waals surface area contributed by atoms with E-state index in [-0.39, 0.29) is 5.91 Å². The molecule has 1 aliphatic heterocycles. The number of para-hydroxylation sites is 2. The zero-order chi connectivity index (χ0) is 15.1. The van der Waals surface area contributed by atoms with Gasteiger partial charge in [0.25, 0.3) is 0 Å². The van der Waals surface area contributed by atoms with E-state index in [2.05, 4.69) is 16.3 Å². The predicted molar refractivity (Wildman–Crippen MR) is 92.1 cm³/mol. The minimum atomic E-state index is -0.438. The Bertz CT molecular complexity index is 461. The minimum Gasteiger partial charge on any atom is -0.370 e. The molecule has 5 heteroatoms. The molecule has 2 rings (SSSR count). The van der Waals surface area contributed by atoms with Crippen LogP contribution in [0.25, 0.3) is 0 Å². The molecule has 0 saturated carbocycles. The highest BCUT2D eigenvalue weighted by Gasteiger charge is 2.18. The van der Waals surface area contributed by atoms with E-state index in [1.54, 1.807) is 11.8 Å². The normalized spacial score (nSPS) is 16.6. The van der Waals surface area contributed by atoms with Crippen LogP contribution in [0.4, 0.5) is 11.4 Å². The van der Waals surface area contributed by atoms with E-state index in [1.165, 1.54) is 19.3 Å². The molecular formula is C16H25N3OS. The van der Waals surface area contributed by atoms with E-state index >= 15 is 0 Å². The molecule has 0 bridgehead atoms. The van der Waals surface area contributed by atoms with Crippen molar-refractivity contribution in [3.8, 4) is 0 Å².